The SMILES string of the molecule is CCOC(=O)C1(C(F)(F)F)C(C#N)=C(N)Oc2c1c1ccccc1n2C(C)=O. The predicted molar refractivity (Wildman–Crippen MR) is 90.1 cm³/mol. The van der Waals surface area contributed by atoms with Crippen LogP contribution in [0, 0.1) is 11.3 Å². The second kappa shape index (κ2) is 6.30. The molecule has 0 fully saturated rings. The van der Waals surface area contributed by atoms with Crippen molar-refractivity contribution in [3.05, 3.63) is 41.3 Å². The van der Waals surface area contributed by atoms with Gasteiger partial charge in [-0.1, -0.05) is 18.2 Å². The largest absolute Gasteiger partial charge is 0.465 e. The van der Waals surface area contributed by atoms with Gasteiger partial charge < -0.3 is 15.2 Å². The Bertz CT molecular complexity index is 1080. The van der Waals surface area contributed by atoms with Crippen LogP contribution in [0.2, 0.25) is 0 Å². The quantitative estimate of drug-likeness (QED) is 0.786. The Morgan fingerprint density at radius 2 is 2.00 bits per heavy atom. The zero-order valence-electron chi connectivity index (χ0n) is 14.8. The van der Waals surface area contributed by atoms with Crippen LogP contribution in [0.15, 0.2) is 35.7 Å². The van der Waals surface area contributed by atoms with Crippen LogP contribution in [-0.4, -0.2) is 29.2 Å². The van der Waals surface area contributed by atoms with Gasteiger partial charge in [-0.05, 0) is 13.0 Å². The van der Waals surface area contributed by atoms with Gasteiger partial charge in [-0.25, -0.2) is 4.57 Å². The smallest absolute Gasteiger partial charge is 0.414 e. The van der Waals surface area contributed by atoms with E-state index >= 15 is 0 Å². The van der Waals surface area contributed by atoms with Crippen LogP contribution in [0.1, 0.15) is 24.2 Å². The van der Waals surface area contributed by atoms with Gasteiger partial charge in [-0.15, -0.1) is 0 Å². The van der Waals surface area contributed by atoms with E-state index in [4.69, 9.17) is 15.2 Å². The van der Waals surface area contributed by atoms with Gasteiger partial charge in [0.2, 0.25) is 23.1 Å². The lowest BCUT2D eigenvalue weighted by Crippen LogP contribution is -2.54. The third-order valence-electron chi connectivity index (χ3n) is 4.47. The number of carbonyl (C=O) groups excluding carboxylic acids is 2. The molecule has 146 valence electrons. The van der Waals surface area contributed by atoms with Crippen LogP contribution in [0.25, 0.3) is 10.9 Å². The Morgan fingerprint density at radius 3 is 2.54 bits per heavy atom. The summed E-state index contributed by atoms with van der Waals surface area (Å²) < 4.78 is 54.4. The van der Waals surface area contributed by atoms with Crippen molar-refractivity contribution >= 4 is 22.8 Å². The van der Waals surface area contributed by atoms with Gasteiger partial charge in [0, 0.05) is 12.3 Å². The van der Waals surface area contributed by atoms with Crippen LogP contribution in [0.3, 0.4) is 0 Å². The number of hydrogen-bond donors (Lipinski definition) is 1. The molecule has 0 spiro atoms. The number of nitriles is 1. The topological polar surface area (TPSA) is 107 Å². The Kier molecular flexibility index (Phi) is 4.34. The first-order valence-corrected chi connectivity index (χ1v) is 8.09. The van der Waals surface area contributed by atoms with E-state index in [0.717, 1.165) is 11.5 Å². The summed E-state index contributed by atoms with van der Waals surface area (Å²) in [7, 11) is 0. The summed E-state index contributed by atoms with van der Waals surface area (Å²) in [6, 6.07) is 6.99. The number of hydrogen-bond acceptors (Lipinski definition) is 6. The summed E-state index contributed by atoms with van der Waals surface area (Å²) >= 11 is 0. The molecule has 0 radical (unpaired) electrons. The predicted octanol–water partition coefficient (Wildman–Crippen LogP) is 2.75. The molecule has 0 amide bonds. The van der Waals surface area contributed by atoms with E-state index in [1.807, 2.05) is 0 Å². The maximum Gasteiger partial charge on any atom is 0.414 e. The maximum absolute atomic E-state index is 14.5. The molecule has 2 heterocycles. The number of fused-ring (bicyclic) bond motifs is 3. The second-order valence-electron chi connectivity index (χ2n) is 5.97. The number of nitrogens with zero attached hydrogens (tertiary/aromatic N) is 2. The zero-order chi connectivity index (χ0) is 20.9. The van der Waals surface area contributed by atoms with Gasteiger partial charge >= 0.3 is 12.1 Å². The Hall–Kier alpha value is -3.48. The van der Waals surface area contributed by atoms with E-state index in [-0.39, 0.29) is 17.5 Å². The lowest BCUT2D eigenvalue weighted by molar-refractivity contribution is -0.201. The number of ether oxygens (including phenoxy) is 2. The van der Waals surface area contributed by atoms with Crippen molar-refractivity contribution < 1.29 is 32.2 Å². The van der Waals surface area contributed by atoms with Crippen molar-refractivity contribution in [2.45, 2.75) is 25.4 Å². The molecule has 0 aliphatic carbocycles. The average molecular weight is 393 g/mol. The van der Waals surface area contributed by atoms with E-state index < -0.39 is 46.4 Å². The van der Waals surface area contributed by atoms with Crippen LogP contribution in [0.4, 0.5) is 13.2 Å². The molecule has 2 N–H and O–H groups in total. The van der Waals surface area contributed by atoms with Gasteiger partial charge in [-0.2, -0.15) is 18.4 Å². The number of rotatable bonds is 2. The third kappa shape index (κ3) is 2.29. The average Bonchev–Trinajstić information content (AvgIpc) is 2.93. The summed E-state index contributed by atoms with van der Waals surface area (Å²) in [4.78, 5) is 24.9. The Balaban J connectivity index is 2.61. The minimum atomic E-state index is -5.31. The molecule has 1 atom stereocenters. The van der Waals surface area contributed by atoms with Gasteiger partial charge in [0.1, 0.15) is 11.6 Å². The van der Waals surface area contributed by atoms with Gasteiger partial charge in [0.25, 0.3) is 0 Å². The monoisotopic (exact) mass is 393 g/mol. The number of esters is 1. The number of halogens is 3. The molecule has 1 unspecified atom stereocenters. The number of nitrogens with two attached hydrogens (primary N) is 1. The summed E-state index contributed by atoms with van der Waals surface area (Å²) in [6.45, 7) is 2.09. The highest BCUT2D eigenvalue weighted by atomic mass is 19.4. The highest BCUT2D eigenvalue weighted by Crippen LogP contribution is 2.56. The van der Waals surface area contributed by atoms with Crippen molar-refractivity contribution in [3.63, 3.8) is 0 Å². The van der Waals surface area contributed by atoms with Crippen LogP contribution < -0.4 is 10.5 Å². The molecular formula is C18H14F3N3O4. The van der Waals surface area contributed by atoms with E-state index in [0.29, 0.717) is 0 Å². The van der Waals surface area contributed by atoms with Crippen molar-refractivity contribution in [1.82, 2.24) is 4.57 Å². The van der Waals surface area contributed by atoms with Crippen LogP contribution in [0.5, 0.6) is 5.88 Å². The molecule has 0 saturated heterocycles. The molecule has 3 rings (SSSR count). The van der Waals surface area contributed by atoms with E-state index in [1.54, 1.807) is 0 Å². The molecule has 0 saturated carbocycles. The van der Waals surface area contributed by atoms with Crippen molar-refractivity contribution in [1.29, 1.82) is 5.26 Å². The minimum Gasteiger partial charge on any atom is -0.465 e. The Morgan fingerprint density at radius 1 is 1.36 bits per heavy atom. The van der Waals surface area contributed by atoms with E-state index in [2.05, 4.69) is 0 Å². The van der Waals surface area contributed by atoms with Crippen molar-refractivity contribution in [2.75, 3.05) is 6.61 Å². The van der Waals surface area contributed by atoms with E-state index in [1.165, 1.54) is 37.3 Å². The van der Waals surface area contributed by atoms with Crippen LogP contribution in [-0.2, 0) is 14.9 Å². The normalized spacial score (nSPS) is 19.0. The minimum absolute atomic E-state index is 0.0740. The van der Waals surface area contributed by atoms with Gasteiger partial charge in [0.15, 0.2) is 0 Å². The highest BCUT2D eigenvalue weighted by molar-refractivity contribution is 6.04. The fraction of sp³-hybridized carbons (Fsp3) is 0.278. The summed E-state index contributed by atoms with van der Waals surface area (Å²) in [5.74, 6) is -3.88. The maximum atomic E-state index is 14.5. The standard InChI is InChI=1S/C18H14F3N3O4/c1-3-27-16(26)17(18(19,20)21)11(8-22)14(23)28-15-13(17)10-6-4-5-7-12(10)24(15)9(2)25/h4-7H,3,23H2,1-2H3. The summed E-state index contributed by atoms with van der Waals surface area (Å²) in [5.41, 5.74) is 0.306. The second-order valence-corrected chi connectivity index (χ2v) is 5.97. The first-order chi connectivity index (χ1) is 13.1. The highest BCUT2D eigenvalue weighted by Gasteiger charge is 2.70. The third-order valence-corrected chi connectivity index (χ3v) is 4.47. The number of para-hydroxylation sites is 1. The molecule has 7 nitrogen and oxygen atoms in total. The molecule has 1 aliphatic heterocycles. The number of carbonyl (C=O) groups is 2. The van der Waals surface area contributed by atoms with E-state index in [9.17, 15) is 28.0 Å². The Labute approximate surface area is 156 Å². The van der Waals surface area contributed by atoms with Gasteiger partial charge in [0.05, 0.1) is 17.7 Å². The molecule has 10 heteroatoms. The molecule has 1 aliphatic rings. The molecular weight excluding hydrogens is 379 g/mol. The number of alkyl halides is 3. The summed E-state index contributed by atoms with van der Waals surface area (Å²) in [6.07, 6.45) is -5.31. The molecule has 1 aromatic carbocycles. The number of benzene rings is 1. The fourth-order valence-corrected chi connectivity index (χ4v) is 3.43. The first kappa shape index (κ1) is 19.3. The number of aromatic nitrogens is 1. The van der Waals surface area contributed by atoms with Crippen LogP contribution >= 0.6 is 0 Å². The fourth-order valence-electron chi connectivity index (χ4n) is 3.43. The van der Waals surface area contributed by atoms with Crippen molar-refractivity contribution in [3.8, 4) is 11.9 Å². The summed E-state index contributed by atoms with van der Waals surface area (Å²) in [5, 5.41) is 9.36. The lowest BCUT2D eigenvalue weighted by atomic mass is 9.72. The zero-order valence-corrected chi connectivity index (χ0v) is 14.8. The molecule has 2 aromatic rings. The molecule has 28 heavy (non-hydrogen) atoms. The molecule has 0 bridgehead atoms. The molecule has 1 aromatic heterocycles. The van der Waals surface area contributed by atoms with Gasteiger partial charge in [-0.3, -0.25) is 9.59 Å². The lowest BCUT2D eigenvalue weighted by Gasteiger charge is -2.36. The van der Waals surface area contributed by atoms with Crippen molar-refractivity contribution in [2.24, 2.45) is 5.73 Å². The first-order valence-electron chi connectivity index (χ1n) is 8.09.